The van der Waals surface area contributed by atoms with Crippen molar-refractivity contribution in [2.75, 3.05) is 0 Å². The molecule has 0 aromatic carbocycles. The van der Waals surface area contributed by atoms with E-state index in [1.54, 1.807) is 0 Å². The number of hydrogen-bond donors (Lipinski definition) is 1. The molecular weight excluding hydrogens is 71.0 g/mol. The van der Waals surface area contributed by atoms with Gasteiger partial charge in [0.2, 0.25) is 0 Å². The Morgan fingerprint density at radius 2 is 2.60 bits per heavy atom. The Morgan fingerprint density at radius 3 is 2.60 bits per heavy atom. The van der Waals surface area contributed by atoms with Crippen LogP contribution >= 0.6 is 0 Å². The molecule has 32 valence electrons. The minimum Gasteiger partial charge on any atom is -0.364 e. The number of halogens is 1. The zero-order valence-corrected chi connectivity index (χ0v) is 3.03. The van der Waals surface area contributed by atoms with Gasteiger partial charge in [-0.25, -0.2) is 4.39 Å². The van der Waals surface area contributed by atoms with Crippen LogP contribution in [-0.2, 0) is 0 Å². The Balaban J connectivity index is 3.17. The number of rotatable bonds is 1. The maximum atomic E-state index is 11.3. The van der Waals surface area contributed by atoms with E-state index in [1.807, 2.05) is 0 Å². The summed E-state index contributed by atoms with van der Waals surface area (Å²) in [6.07, 6.45) is -2.88. The van der Waals surface area contributed by atoms with Gasteiger partial charge in [0.25, 0.3) is 0 Å². The van der Waals surface area contributed by atoms with Crippen LogP contribution in [0.1, 0.15) is 14.7 Å². The molecule has 0 aromatic heterocycles. The van der Waals surface area contributed by atoms with Gasteiger partial charge in [0, 0.05) is 6.42 Å². The normalized spacial score (nSPS) is 24.2. The van der Waals surface area contributed by atoms with Crippen LogP contribution in [0, 0.1) is 0 Å². The third kappa shape index (κ3) is 3.89. The van der Waals surface area contributed by atoms with Crippen LogP contribution in [0.3, 0.4) is 0 Å². The molecule has 0 spiro atoms. The lowest BCUT2D eigenvalue weighted by molar-refractivity contribution is 0.0391. The smallest absolute Gasteiger partial charge is 0.196 e. The summed E-state index contributed by atoms with van der Waals surface area (Å²) in [6, 6.07) is 0. The summed E-state index contributed by atoms with van der Waals surface area (Å²) in [5.41, 5.74) is 0. The van der Waals surface area contributed by atoms with Crippen molar-refractivity contribution in [3.05, 3.63) is 0 Å². The fourth-order valence-electron chi connectivity index (χ4n) is 0. The molecule has 0 aliphatic carbocycles. The summed E-state index contributed by atoms with van der Waals surface area (Å²) >= 11 is 0. The van der Waals surface area contributed by atoms with E-state index in [1.165, 1.54) is 6.92 Å². The first-order chi connectivity index (χ1) is 2.56. The molecule has 0 heterocycles. The first-order valence-corrected chi connectivity index (χ1v) is 1.47. The minimum absolute atomic E-state index is 0.174. The molecule has 1 atom stereocenters. The maximum Gasteiger partial charge on any atom is 0.196 e. The van der Waals surface area contributed by atoms with Crippen LogP contribution in [0.25, 0.3) is 0 Å². The molecule has 1 unspecified atom stereocenters. The van der Waals surface area contributed by atoms with E-state index < -0.39 is 6.33 Å². The molecule has 2 heteroatoms. The van der Waals surface area contributed by atoms with E-state index in [-0.39, 0.29) is 6.42 Å². The second kappa shape index (κ2) is 2.15. The maximum absolute atomic E-state index is 11.3. The molecular formula is C3H7FO. The fraction of sp³-hybridized carbons (Fsp3) is 1.00. The second-order valence-electron chi connectivity index (χ2n) is 0.730. The first-order valence-electron chi connectivity index (χ1n) is 1.97. The third-order valence-electron chi connectivity index (χ3n) is 0.292. The van der Waals surface area contributed by atoms with Gasteiger partial charge in [-0.05, 0) is 0 Å². The lowest BCUT2D eigenvalue weighted by Crippen LogP contribution is -1.90. The molecule has 0 amide bonds. The van der Waals surface area contributed by atoms with E-state index >= 15 is 0 Å². The predicted octanol–water partition coefficient (Wildman–Crippen LogP) is 0.684. The van der Waals surface area contributed by atoms with E-state index in [0.717, 1.165) is 0 Å². The first kappa shape index (κ1) is 3.09. The Hall–Kier alpha value is -0.110. The summed E-state index contributed by atoms with van der Waals surface area (Å²) < 4.78 is 17.4. The molecule has 0 aromatic rings. The van der Waals surface area contributed by atoms with Gasteiger partial charge < -0.3 is 5.11 Å². The van der Waals surface area contributed by atoms with Crippen molar-refractivity contribution in [1.82, 2.24) is 0 Å². The van der Waals surface area contributed by atoms with Crippen molar-refractivity contribution in [2.45, 2.75) is 19.7 Å². The van der Waals surface area contributed by atoms with Gasteiger partial charge in [0.1, 0.15) is 0 Å². The van der Waals surface area contributed by atoms with Crippen molar-refractivity contribution >= 4 is 0 Å². The Labute approximate surface area is 31.8 Å². The standard InChI is InChI=1S/C3H7FO/c1-2-3(4)5/h3,5H,2H2,1H3/i3D. The van der Waals surface area contributed by atoms with Gasteiger partial charge in [0.15, 0.2) is 6.33 Å². The number of hydrogen-bond acceptors (Lipinski definition) is 1. The van der Waals surface area contributed by atoms with Crippen LogP contribution in [-0.4, -0.2) is 11.4 Å². The zero-order valence-electron chi connectivity index (χ0n) is 4.03. The lowest BCUT2D eigenvalue weighted by atomic mass is 10.5. The average Bonchev–Trinajstić information content (AvgIpc) is 1.35. The average molecular weight is 79.1 g/mol. The Morgan fingerprint density at radius 1 is 2.40 bits per heavy atom. The predicted molar refractivity (Wildman–Crippen MR) is 17.4 cm³/mol. The topological polar surface area (TPSA) is 20.2 Å². The van der Waals surface area contributed by atoms with E-state index in [9.17, 15) is 4.39 Å². The fourth-order valence-corrected chi connectivity index (χ4v) is 0. The van der Waals surface area contributed by atoms with Crippen molar-refractivity contribution in [1.29, 1.82) is 0 Å². The van der Waals surface area contributed by atoms with E-state index in [4.69, 9.17) is 6.48 Å². The van der Waals surface area contributed by atoms with E-state index in [0.29, 0.717) is 0 Å². The molecule has 0 bridgehead atoms. The minimum atomic E-state index is -2.71. The monoisotopic (exact) mass is 79.1 g/mol. The molecule has 0 saturated carbocycles. The molecule has 0 radical (unpaired) electrons. The molecule has 0 aliphatic rings. The Bertz CT molecular complexity index is 40.5. The van der Waals surface area contributed by atoms with Crippen LogP contribution in [0.2, 0.25) is 0 Å². The largest absolute Gasteiger partial charge is 0.364 e. The molecule has 1 N–H and O–H groups in total. The van der Waals surface area contributed by atoms with Gasteiger partial charge in [-0.15, -0.1) is 0 Å². The number of aliphatic hydroxyl groups is 1. The zero-order chi connectivity index (χ0) is 5.21. The molecule has 0 saturated heterocycles. The summed E-state index contributed by atoms with van der Waals surface area (Å²) in [5, 5.41) is 7.83. The van der Waals surface area contributed by atoms with Crippen LogP contribution in [0.5, 0.6) is 0 Å². The molecule has 0 fully saturated rings. The SMILES string of the molecule is [2H]C(O)(F)CC. The van der Waals surface area contributed by atoms with E-state index in [2.05, 4.69) is 0 Å². The number of alkyl halides is 1. The van der Waals surface area contributed by atoms with Gasteiger partial charge in [-0.2, -0.15) is 0 Å². The van der Waals surface area contributed by atoms with Crippen molar-refractivity contribution in [2.24, 2.45) is 0 Å². The highest BCUT2D eigenvalue weighted by atomic mass is 19.1. The molecule has 1 nitrogen and oxygen atoms in total. The van der Waals surface area contributed by atoms with Gasteiger partial charge in [-0.1, -0.05) is 6.92 Å². The van der Waals surface area contributed by atoms with Gasteiger partial charge >= 0.3 is 0 Å². The van der Waals surface area contributed by atoms with Crippen molar-refractivity contribution in [3.8, 4) is 0 Å². The van der Waals surface area contributed by atoms with Crippen LogP contribution in [0.4, 0.5) is 4.39 Å². The lowest BCUT2D eigenvalue weighted by Gasteiger charge is -1.85. The quantitative estimate of drug-likeness (QED) is 0.490. The van der Waals surface area contributed by atoms with Gasteiger partial charge in [0.05, 0.1) is 1.37 Å². The highest BCUT2D eigenvalue weighted by Gasteiger charge is 1.87. The molecule has 5 heavy (non-hydrogen) atoms. The Kier molecular flexibility index (Phi) is 1.33. The molecule has 0 rings (SSSR count). The highest BCUT2D eigenvalue weighted by molar-refractivity contribution is 4.22. The molecule has 0 aliphatic heterocycles. The van der Waals surface area contributed by atoms with Crippen LogP contribution < -0.4 is 0 Å². The van der Waals surface area contributed by atoms with Crippen LogP contribution in [0.15, 0.2) is 0 Å². The van der Waals surface area contributed by atoms with Gasteiger partial charge in [-0.3, -0.25) is 0 Å². The summed E-state index contributed by atoms with van der Waals surface area (Å²) in [6.45, 7) is 1.40. The summed E-state index contributed by atoms with van der Waals surface area (Å²) in [4.78, 5) is 0. The third-order valence-corrected chi connectivity index (χ3v) is 0.292. The van der Waals surface area contributed by atoms with Crippen molar-refractivity contribution < 1.29 is 10.9 Å². The highest BCUT2D eigenvalue weighted by Crippen LogP contribution is 1.85. The summed E-state index contributed by atoms with van der Waals surface area (Å²) in [7, 11) is 0. The second-order valence-corrected chi connectivity index (χ2v) is 0.730. The summed E-state index contributed by atoms with van der Waals surface area (Å²) in [5.74, 6) is 0. The van der Waals surface area contributed by atoms with Crippen molar-refractivity contribution in [3.63, 3.8) is 0 Å².